The van der Waals surface area contributed by atoms with Crippen LogP contribution in [0.4, 0.5) is 11.4 Å². The summed E-state index contributed by atoms with van der Waals surface area (Å²) >= 11 is 0. The zero-order chi connectivity index (χ0) is 13.9. The van der Waals surface area contributed by atoms with Crippen LogP contribution in [-0.2, 0) is 9.53 Å². The standard InChI is InChI=1S/C13H18N2O3/c1-7(2)9-5-6-10(13(17)18-4)11(14)12(9)15-8(3)16/h5-7H,14H2,1-4H3,(H,15,16). The second-order valence-electron chi connectivity index (χ2n) is 4.32. The summed E-state index contributed by atoms with van der Waals surface area (Å²) in [6.07, 6.45) is 0. The van der Waals surface area contributed by atoms with Crippen molar-refractivity contribution in [1.82, 2.24) is 0 Å². The lowest BCUT2D eigenvalue weighted by molar-refractivity contribution is -0.114. The van der Waals surface area contributed by atoms with Crippen molar-refractivity contribution >= 4 is 23.3 Å². The first-order valence-corrected chi connectivity index (χ1v) is 5.66. The lowest BCUT2D eigenvalue weighted by Crippen LogP contribution is -2.14. The van der Waals surface area contributed by atoms with E-state index >= 15 is 0 Å². The Hall–Kier alpha value is -2.04. The summed E-state index contributed by atoms with van der Waals surface area (Å²) in [5.41, 5.74) is 7.80. The highest BCUT2D eigenvalue weighted by Gasteiger charge is 2.18. The molecule has 0 aromatic heterocycles. The van der Waals surface area contributed by atoms with Crippen LogP contribution in [0, 0.1) is 0 Å². The molecule has 0 saturated heterocycles. The van der Waals surface area contributed by atoms with Crippen molar-refractivity contribution < 1.29 is 14.3 Å². The zero-order valence-corrected chi connectivity index (χ0v) is 11.0. The van der Waals surface area contributed by atoms with E-state index in [1.54, 1.807) is 12.1 Å². The number of nitrogens with two attached hydrogens (primary N) is 1. The smallest absolute Gasteiger partial charge is 0.340 e. The molecule has 5 heteroatoms. The maximum atomic E-state index is 11.5. The van der Waals surface area contributed by atoms with Gasteiger partial charge in [-0.3, -0.25) is 4.79 Å². The van der Waals surface area contributed by atoms with E-state index in [1.165, 1.54) is 14.0 Å². The van der Waals surface area contributed by atoms with Crippen LogP contribution in [0.2, 0.25) is 0 Å². The van der Waals surface area contributed by atoms with E-state index in [9.17, 15) is 9.59 Å². The second kappa shape index (κ2) is 5.53. The number of amides is 1. The second-order valence-corrected chi connectivity index (χ2v) is 4.32. The molecule has 1 aromatic carbocycles. The first kappa shape index (κ1) is 14.0. The Balaban J connectivity index is 3.39. The number of esters is 1. The number of ether oxygens (including phenoxy) is 1. The van der Waals surface area contributed by atoms with Crippen molar-refractivity contribution in [2.75, 3.05) is 18.2 Å². The van der Waals surface area contributed by atoms with Gasteiger partial charge in [-0.1, -0.05) is 19.9 Å². The number of rotatable bonds is 3. The molecule has 3 N–H and O–H groups in total. The molecule has 0 saturated carbocycles. The Bertz CT molecular complexity index is 481. The number of benzene rings is 1. The van der Waals surface area contributed by atoms with Crippen molar-refractivity contribution in [2.24, 2.45) is 0 Å². The number of nitrogens with one attached hydrogen (secondary N) is 1. The molecular formula is C13H18N2O3. The zero-order valence-electron chi connectivity index (χ0n) is 11.0. The van der Waals surface area contributed by atoms with Gasteiger partial charge in [-0.15, -0.1) is 0 Å². The van der Waals surface area contributed by atoms with Gasteiger partial charge < -0.3 is 15.8 Å². The molecule has 1 aromatic rings. The van der Waals surface area contributed by atoms with Gasteiger partial charge >= 0.3 is 5.97 Å². The predicted octanol–water partition coefficient (Wildman–Crippen LogP) is 2.14. The van der Waals surface area contributed by atoms with Crippen molar-refractivity contribution in [3.05, 3.63) is 23.3 Å². The van der Waals surface area contributed by atoms with Gasteiger partial charge in [0.1, 0.15) is 0 Å². The fourth-order valence-corrected chi connectivity index (χ4v) is 1.72. The van der Waals surface area contributed by atoms with Crippen LogP contribution in [0.15, 0.2) is 12.1 Å². The van der Waals surface area contributed by atoms with Crippen LogP contribution in [-0.4, -0.2) is 19.0 Å². The highest BCUT2D eigenvalue weighted by Crippen LogP contribution is 2.32. The van der Waals surface area contributed by atoms with Crippen LogP contribution >= 0.6 is 0 Å². The van der Waals surface area contributed by atoms with E-state index in [2.05, 4.69) is 10.1 Å². The third kappa shape index (κ3) is 2.80. The Morgan fingerprint density at radius 3 is 2.39 bits per heavy atom. The minimum Gasteiger partial charge on any atom is -0.465 e. The van der Waals surface area contributed by atoms with Crippen molar-refractivity contribution in [1.29, 1.82) is 0 Å². The molecule has 98 valence electrons. The summed E-state index contributed by atoms with van der Waals surface area (Å²) in [4.78, 5) is 22.7. The van der Waals surface area contributed by atoms with E-state index in [0.29, 0.717) is 5.69 Å². The fraction of sp³-hybridized carbons (Fsp3) is 0.385. The summed E-state index contributed by atoms with van der Waals surface area (Å²) in [6, 6.07) is 3.39. The minimum absolute atomic E-state index is 0.181. The summed E-state index contributed by atoms with van der Waals surface area (Å²) in [6.45, 7) is 5.37. The lowest BCUT2D eigenvalue weighted by atomic mass is 9.97. The molecule has 5 nitrogen and oxygen atoms in total. The maximum absolute atomic E-state index is 11.5. The van der Waals surface area contributed by atoms with Gasteiger partial charge in [0, 0.05) is 6.92 Å². The normalized spacial score (nSPS) is 10.3. The largest absolute Gasteiger partial charge is 0.465 e. The third-order valence-electron chi connectivity index (χ3n) is 2.61. The molecule has 1 rings (SSSR count). The summed E-state index contributed by atoms with van der Waals surface area (Å²) in [5, 5.41) is 2.67. The molecule has 0 aliphatic carbocycles. The van der Waals surface area contributed by atoms with Gasteiger partial charge in [0.05, 0.1) is 24.0 Å². The average molecular weight is 250 g/mol. The lowest BCUT2D eigenvalue weighted by Gasteiger charge is -2.17. The molecule has 0 radical (unpaired) electrons. The Morgan fingerprint density at radius 1 is 1.33 bits per heavy atom. The fourth-order valence-electron chi connectivity index (χ4n) is 1.72. The minimum atomic E-state index is -0.519. The van der Waals surface area contributed by atoms with Gasteiger partial charge in [0.15, 0.2) is 0 Å². The third-order valence-corrected chi connectivity index (χ3v) is 2.61. The molecule has 0 bridgehead atoms. The Kier molecular flexibility index (Phi) is 4.31. The molecular weight excluding hydrogens is 232 g/mol. The van der Waals surface area contributed by atoms with E-state index in [-0.39, 0.29) is 23.1 Å². The number of hydrogen-bond acceptors (Lipinski definition) is 4. The van der Waals surface area contributed by atoms with Crippen molar-refractivity contribution in [2.45, 2.75) is 26.7 Å². The average Bonchev–Trinajstić information content (AvgIpc) is 2.29. The quantitative estimate of drug-likeness (QED) is 0.636. The molecule has 0 aliphatic heterocycles. The summed E-state index contributed by atoms with van der Waals surface area (Å²) in [5.74, 6) is -0.569. The molecule has 0 unspecified atom stereocenters. The number of hydrogen-bond donors (Lipinski definition) is 2. The topological polar surface area (TPSA) is 81.4 Å². The van der Waals surface area contributed by atoms with Gasteiger partial charge in [-0.05, 0) is 17.5 Å². The highest BCUT2D eigenvalue weighted by atomic mass is 16.5. The van der Waals surface area contributed by atoms with E-state index in [0.717, 1.165) is 5.56 Å². The van der Waals surface area contributed by atoms with Gasteiger partial charge in [-0.2, -0.15) is 0 Å². The Morgan fingerprint density at radius 2 is 1.94 bits per heavy atom. The van der Waals surface area contributed by atoms with Crippen molar-refractivity contribution in [3.63, 3.8) is 0 Å². The predicted molar refractivity (Wildman–Crippen MR) is 70.6 cm³/mol. The van der Waals surface area contributed by atoms with Crippen LogP contribution in [0.3, 0.4) is 0 Å². The summed E-state index contributed by atoms with van der Waals surface area (Å²) < 4.78 is 4.65. The first-order chi connectivity index (χ1) is 8.38. The van der Waals surface area contributed by atoms with E-state index < -0.39 is 5.97 Å². The number of carbonyl (C=O) groups is 2. The van der Waals surface area contributed by atoms with Crippen LogP contribution < -0.4 is 11.1 Å². The molecule has 18 heavy (non-hydrogen) atoms. The molecule has 0 heterocycles. The number of nitrogen functional groups attached to an aromatic ring is 1. The van der Waals surface area contributed by atoms with Crippen molar-refractivity contribution in [3.8, 4) is 0 Å². The first-order valence-electron chi connectivity index (χ1n) is 5.66. The number of methoxy groups -OCH3 is 1. The van der Waals surface area contributed by atoms with Crippen LogP contribution in [0.1, 0.15) is 42.6 Å². The van der Waals surface area contributed by atoms with Gasteiger partial charge in [0.25, 0.3) is 0 Å². The Labute approximate surface area is 106 Å². The molecule has 0 atom stereocenters. The van der Waals surface area contributed by atoms with Crippen LogP contribution in [0.5, 0.6) is 0 Å². The SMILES string of the molecule is COC(=O)c1ccc(C(C)C)c(NC(C)=O)c1N. The molecule has 0 aliphatic rings. The van der Waals surface area contributed by atoms with Gasteiger partial charge in [0.2, 0.25) is 5.91 Å². The van der Waals surface area contributed by atoms with Gasteiger partial charge in [-0.25, -0.2) is 4.79 Å². The van der Waals surface area contributed by atoms with Crippen LogP contribution in [0.25, 0.3) is 0 Å². The molecule has 0 spiro atoms. The molecule has 1 amide bonds. The van der Waals surface area contributed by atoms with E-state index in [4.69, 9.17) is 5.73 Å². The van der Waals surface area contributed by atoms with E-state index in [1.807, 2.05) is 13.8 Å². The molecule has 0 fully saturated rings. The highest BCUT2D eigenvalue weighted by molar-refractivity contribution is 6.02. The maximum Gasteiger partial charge on any atom is 0.340 e. The monoisotopic (exact) mass is 250 g/mol. The summed E-state index contributed by atoms with van der Waals surface area (Å²) in [7, 11) is 1.29. The number of carbonyl (C=O) groups excluding carboxylic acids is 2. The number of anilines is 2.